The van der Waals surface area contributed by atoms with Crippen LogP contribution in [-0.4, -0.2) is 30.2 Å². The number of phenols is 1. The first-order chi connectivity index (χ1) is 9.44. The molecule has 0 spiro atoms. The van der Waals surface area contributed by atoms with E-state index in [1.165, 1.54) is 13.2 Å². The van der Waals surface area contributed by atoms with E-state index < -0.39 is 22.3 Å². The SMILES string of the molecule is COC(=O)/C(C#N)=C\c1cc(OC)c(O)c([N+](=O)[O-])c1. The third kappa shape index (κ3) is 3.02. The molecule has 0 saturated carbocycles. The summed E-state index contributed by atoms with van der Waals surface area (Å²) in [4.78, 5) is 21.3. The molecule has 0 amide bonds. The summed E-state index contributed by atoms with van der Waals surface area (Å²) >= 11 is 0. The summed E-state index contributed by atoms with van der Waals surface area (Å²) in [6.07, 6.45) is 1.10. The number of phenolic OH excluding ortho intramolecular Hbond substituents is 1. The van der Waals surface area contributed by atoms with Gasteiger partial charge in [0.15, 0.2) is 5.75 Å². The van der Waals surface area contributed by atoms with Crippen molar-refractivity contribution < 1.29 is 24.3 Å². The van der Waals surface area contributed by atoms with E-state index >= 15 is 0 Å². The fourth-order valence-electron chi connectivity index (χ4n) is 1.41. The Bertz CT molecular complexity index is 630. The van der Waals surface area contributed by atoms with Gasteiger partial charge in [0.1, 0.15) is 11.6 Å². The van der Waals surface area contributed by atoms with Crippen molar-refractivity contribution in [1.82, 2.24) is 0 Å². The quantitative estimate of drug-likeness (QED) is 0.290. The summed E-state index contributed by atoms with van der Waals surface area (Å²) in [5.41, 5.74) is -0.791. The summed E-state index contributed by atoms with van der Waals surface area (Å²) in [6, 6.07) is 3.88. The van der Waals surface area contributed by atoms with E-state index in [1.54, 1.807) is 6.07 Å². The predicted octanol–water partition coefficient (Wildman–Crippen LogP) is 1.39. The van der Waals surface area contributed by atoms with Crippen molar-refractivity contribution in [3.63, 3.8) is 0 Å². The Balaban J connectivity index is 3.43. The lowest BCUT2D eigenvalue weighted by atomic mass is 10.1. The molecule has 0 unspecified atom stereocenters. The number of aromatic hydroxyl groups is 1. The summed E-state index contributed by atoms with van der Waals surface area (Å²) in [5, 5.41) is 29.2. The number of esters is 1. The van der Waals surface area contributed by atoms with Gasteiger partial charge in [-0.25, -0.2) is 4.79 Å². The maximum atomic E-state index is 11.3. The standard InChI is InChI=1S/C12H10N2O6/c1-19-10-5-7(3-8(6-13)12(16)20-2)4-9(11(10)15)14(17)18/h3-5,15H,1-2H3/b8-3-. The molecule has 0 atom stereocenters. The first-order valence-corrected chi connectivity index (χ1v) is 5.20. The molecule has 0 aliphatic rings. The molecule has 0 aliphatic heterocycles. The molecule has 1 aromatic rings. The van der Waals surface area contributed by atoms with Crippen molar-refractivity contribution in [2.24, 2.45) is 0 Å². The Morgan fingerprint density at radius 1 is 1.50 bits per heavy atom. The van der Waals surface area contributed by atoms with Gasteiger partial charge in [-0.3, -0.25) is 10.1 Å². The number of ether oxygens (including phenoxy) is 2. The summed E-state index contributed by atoms with van der Waals surface area (Å²) < 4.78 is 9.18. The molecule has 0 aliphatic carbocycles. The van der Waals surface area contributed by atoms with Crippen LogP contribution in [0.15, 0.2) is 17.7 Å². The van der Waals surface area contributed by atoms with Gasteiger partial charge in [-0.2, -0.15) is 5.26 Å². The van der Waals surface area contributed by atoms with E-state index in [0.717, 1.165) is 19.3 Å². The fourth-order valence-corrected chi connectivity index (χ4v) is 1.41. The van der Waals surface area contributed by atoms with Gasteiger partial charge in [-0.05, 0) is 17.7 Å². The predicted molar refractivity (Wildman–Crippen MR) is 66.9 cm³/mol. The molecule has 0 heterocycles. The van der Waals surface area contributed by atoms with Gasteiger partial charge in [0.25, 0.3) is 0 Å². The minimum Gasteiger partial charge on any atom is -0.500 e. The first kappa shape index (κ1) is 15.0. The molecule has 1 aromatic carbocycles. The van der Waals surface area contributed by atoms with Crippen LogP contribution in [0.5, 0.6) is 11.5 Å². The lowest BCUT2D eigenvalue weighted by Gasteiger charge is -2.05. The summed E-state index contributed by atoms with van der Waals surface area (Å²) in [5.74, 6) is -1.65. The van der Waals surface area contributed by atoms with Gasteiger partial charge >= 0.3 is 11.7 Å². The maximum absolute atomic E-state index is 11.3. The number of hydrogen-bond donors (Lipinski definition) is 1. The Labute approximate surface area is 113 Å². The number of nitro groups is 1. The molecule has 20 heavy (non-hydrogen) atoms. The van der Waals surface area contributed by atoms with E-state index in [1.807, 2.05) is 0 Å². The monoisotopic (exact) mass is 278 g/mol. The Hall–Kier alpha value is -3.08. The first-order valence-electron chi connectivity index (χ1n) is 5.20. The second kappa shape index (κ2) is 6.19. The van der Waals surface area contributed by atoms with Crippen LogP contribution in [0, 0.1) is 21.4 Å². The van der Waals surface area contributed by atoms with Gasteiger partial charge in [0.05, 0.1) is 19.1 Å². The van der Waals surface area contributed by atoms with Crippen LogP contribution in [-0.2, 0) is 9.53 Å². The van der Waals surface area contributed by atoms with Crippen molar-refractivity contribution in [3.05, 3.63) is 33.4 Å². The van der Waals surface area contributed by atoms with Crippen LogP contribution in [0.4, 0.5) is 5.69 Å². The largest absolute Gasteiger partial charge is 0.500 e. The Morgan fingerprint density at radius 3 is 2.60 bits per heavy atom. The average molecular weight is 278 g/mol. The molecule has 104 valence electrons. The number of carbonyl (C=O) groups is 1. The van der Waals surface area contributed by atoms with Crippen molar-refractivity contribution in [1.29, 1.82) is 5.26 Å². The average Bonchev–Trinajstić information content (AvgIpc) is 2.44. The third-order valence-corrected chi connectivity index (χ3v) is 2.33. The van der Waals surface area contributed by atoms with Crippen molar-refractivity contribution >= 4 is 17.7 Å². The Morgan fingerprint density at radius 2 is 2.15 bits per heavy atom. The molecule has 0 fully saturated rings. The lowest BCUT2D eigenvalue weighted by molar-refractivity contribution is -0.386. The highest BCUT2D eigenvalue weighted by Gasteiger charge is 2.20. The minimum atomic E-state index is -0.873. The number of nitrogens with zero attached hydrogens (tertiary/aromatic N) is 2. The smallest absolute Gasteiger partial charge is 0.348 e. The molecule has 0 radical (unpaired) electrons. The highest BCUT2D eigenvalue weighted by molar-refractivity contribution is 5.98. The van der Waals surface area contributed by atoms with Gasteiger partial charge in [0.2, 0.25) is 5.75 Å². The van der Waals surface area contributed by atoms with E-state index in [-0.39, 0.29) is 16.9 Å². The van der Waals surface area contributed by atoms with Crippen LogP contribution >= 0.6 is 0 Å². The minimum absolute atomic E-state index is 0.146. The second-order valence-electron chi connectivity index (χ2n) is 3.51. The van der Waals surface area contributed by atoms with Crippen molar-refractivity contribution in [2.75, 3.05) is 14.2 Å². The highest BCUT2D eigenvalue weighted by atomic mass is 16.6. The maximum Gasteiger partial charge on any atom is 0.348 e. The molecular weight excluding hydrogens is 268 g/mol. The molecule has 0 saturated heterocycles. The van der Waals surface area contributed by atoms with Crippen LogP contribution in [0.3, 0.4) is 0 Å². The summed E-state index contributed by atoms with van der Waals surface area (Å²) in [7, 11) is 2.32. The van der Waals surface area contributed by atoms with Crippen LogP contribution in [0.1, 0.15) is 5.56 Å². The molecule has 8 nitrogen and oxygen atoms in total. The number of rotatable bonds is 4. The van der Waals surface area contributed by atoms with Crippen LogP contribution < -0.4 is 4.74 Å². The van der Waals surface area contributed by atoms with Crippen molar-refractivity contribution in [3.8, 4) is 17.6 Å². The molecular formula is C12H10N2O6. The highest BCUT2D eigenvalue weighted by Crippen LogP contribution is 2.37. The molecule has 1 rings (SSSR count). The second-order valence-corrected chi connectivity index (χ2v) is 3.51. The van der Waals surface area contributed by atoms with Gasteiger partial charge < -0.3 is 14.6 Å². The molecule has 1 N–H and O–H groups in total. The van der Waals surface area contributed by atoms with Gasteiger partial charge in [-0.1, -0.05) is 0 Å². The topological polar surface area (TPSA) is 123 Å². The number of carbonyl (C=O) groups excluding carboxylic acids is 1. The number of methoxy groups -OCH3 is 2. The van der Waals surface area contributed by atoms with E-state index in [2.05, 4.69) is 4.74 Å². The fraction of sp³-hybridized carbons (Fsp3) is 0.167. The lowest BCUT2D eigenvalue weighted by Crippen LogP contribution is -2.02. The molecule has 0 bridgehead atoms. The third-order valence-electron chi connectivity index (χ3n) is 2.33. The normalized spacial score (nSPS) is 10.6. The summed E-state index contributed by atoms with van der Waals surface area (Å²) in [6.45, 7) is 0. The zero-order valence-electron chi connectivity index (χ0n) is 10.6. The zero-order chi connectivity index (χ0) is 15.3. The van der Waals surface area contributed by atoms with E-state index in [4.69, 9.17) is 10.00 Å². The number of hydrogen-bond acceptors (Lipinski definition) is 7. The van der Waals surface area contributed by atoms with Gasteiger partial charge in [-0.15, -0.1) is 0 Å². The van der Waals surface area contributed by atoms with E-state index in [9.17, 15) is 20.0 Å². The van der Waals surface area contributed by atoms with Crippen LogP contribution in [0.25, 0.3) is 6.08 Å². The Kier molecular flexibility index (Phi) is 4.64. The van der Waals surface area contributed by atoms with Crippen molar-refractivity contribution in [2.45, 2.75) is 0 Å². The van der Waals surface area contributed by atoms with Gasteiger partial charge in [0, 0.05) is 6.07 Å². The van der Waals surface area contributed by atoms with E-state index in [0.29, 0.717) is 0 Å². The molecule has 0 aromatic heterocycles. The van der Waals surface area contributed by atoms with Crippen LogP contribution in [0.2, 0.25) is 0 Å². The number of nitro benzene ring substituents is 1. The zero-order valence-corrected chi connectivity index (χ0v) is 10.6. The number of nitriles is 1. The molecule has 8 heteroatoms. The number of benzene rings is 1.